The third-order valence-corrected chi connectivity index (χ3v) is 16.5. The standard InChI is InChI=1S/C72H138O6/c1-4-7-10-13-16-19-22-24-26-28-30-32-34-35-36-37-39-40-42-44-46-48-50-53-56-59-62-65-71(74)77-68-69(67-76-70(73)64-61-58-55-52-21-18-15-12-9-6-3)78-72(75)66-63-60-57-54-51-49-47-45-43-41-38-33-31-29-27-25-23-20-17-14-11-8-5-2/h12,15,69H,4-11,13-14,16-68H2,1-3H3/b15-12-. The van der Waals surface area contributed by atoms with E-state index >= 15 is 0 Å². The van der Waals surface area contributed by atoms with Crippen LogP contribution in [0.4, 0.5) is 0 Å². The van der Waals surface area contributed by atoms with Crippen LogP contribution in [0, 0.1) is 0 Å². The van der Waals surface area contributed by atoms with Gasteiger partial charge in [0, 0.05) is 19.3 Å². The van der Waals surface area contributed by atoms with Gasteiger partial charge in [-0.15, -0.1) is 0 Å². The zero-order chi connectivity index (χ0) is 56.4. The highest BCUT2D eigenvalue weighted by molar-refractivity contribution is 5.71. The minimum Gasteiger partial charge on any atom is -0.462 e. The summed E-state index contributed by atoms with van der Waals surface area (Å²) >= 11 is 0. The molecule has 0 amide bonds. The molecule has 0 aliphatic rings. The van der Waals surface area contributed by atoms with Gasteiger partial charge in [-0.05, 0) is 38.5 Å². The first-order valence-electron chi connectivity index (χ1n) is 35.7. The molecule has 0 saturated carbocycles. The minimum atomic E-state index is -0.769. The summed E-state index contributed by atoms with van der Waals surface area (Å²) in [5.41, 5.74) is 0. The monoisotopic (exact) mass is 1100 g/mol. The van der Waals surface area contributed by atoms with E-state index in [2.05, 4.69) is 32.9 Å². The van der Waals surface area contributed by atoms with E-state index in [9.17, 15) is 14.4 Å². The summed E-state index contributed by atoms with van der Waals surface area (Å²) in [6.45, 7) is 6.66. The largest absolute Gasteiger partial charge is 0.462 e. The summed E-state index contributed by atoms with van der Waals surface area (Å²) in [6, 6.07) is 0. The Morgan fingerprint density at radius 2 is 0.449 bits per heavy atom. The lowest BCUT2D eigenvalue weighted by Gasteiger charge is -2.18. The lowest BCUT2D eigenvalue weighted by atomic mass is 10.0. The van der Waals surface area contributed by atoms with Crippen LogP contribution in [-0.2, 0) is 28.6 Å². The van der Waals surface area contributed by atoms with Gasteiger partial charge in [-0.2, -0.15) is 0 Å². The number of carbonyl (C=O) groups is 3. The zero-order valence-electron chi connectivity index (χ0n) is 53.2. The molecule has 1 unspecified atom stereocenters. The van der Waals surface area contributed by atoms with Crippen LogP contribution >= 0.6 is 0 Å². The van der Waals surface area contributed by atoms with E-state index < -0.39 is 6.10 Å². The lowest BCUT2D eigenvalue weighted by Crippen LogP contribution is -2.30. The van der Waals surface area contributed by atoms with Crippen molar-refractivity contribution in [1.82, 2.24) is 0 Å². The number of esters is 3. The smallest absolute Gasteiger partial charge is 0.306 e. The van der Waals surface area contributed by atoms with E-state index in [1.807, 2.05) is 0 Å². The third-order valence-electron chi connectivity index (χ3n) is 16.5. The molecule has 0 saturated heterocycles. The normalized spacial score (nSPS) is 12.0. The van der Waals surface area contributed by atoms with Crippen LogP contribution in [0.15, 0.2) is 12.2 Å². The topological polar surface area (TPSA) is 78.9 Å². The zero-order valence-corrected chi connectivity index (χ0v) is 53.2. The molecule has 0 N–H and O–H groups in total. The summed E-state index contributed by atoms with van der Waals surface area (Å²) in [5.74, 6) is -0.844. The number of rotatable bonds is 67. The molecular weight excluding hydrogens is 961 g/mol. The van der Waals surface area contributed by atoms with Gasteiger partial charge in [-0.3, -0.25) is 14.4 Å². The summed E-state index contributed by atoms with van der Waals surface area (Å²) in [6.07, 6.45) is 81.2. The molecule has 0 spiro atoms. The quantitative estimate of drug-likeness (QED) is 0.0261. The fraction of sp³-hybridized carbons (Fsp3) is 0.931. The van der Waals surface area contributed by atoms with Crippen molar-refractivity contribution >= 4 is 17.9 Å². The number of carbonyl (C=O) groups excluding carboxylic acids is 3. The van der Waals surface area contributed by atoms with Crippen LogP contribution in [0.3, 0.4) is 0 Å². The minimum absolute atomic E-state index is 0.0660. The highest BCUT2D eigenvalue weighted by Gasteiger charge is 2.19. The van der Waals surface area contributed by atoms with Crippen LogP contribution in [0.5, 0.6) is 0 Å². The van der Waals surface area contributed by atoms with E-state index in [1.54, 1.807) is 0 Å². The Balaban J connectivity index is 4.10. The fourth-order valence-corrected chi connectivity index (χ4v) is 11.2. The first-order chi connectivity index (χ1) is 38.5. The Labute approximate surface area is 488 Å². The molecule has 6 nitrogen and oxygen atoms in total. The second-order valence-electron chi connectivity index (χ2n) is 24.5. The van der Waals surface area contributed by atoms with Crippen molar-refractivity contribution in [1.29, 1.82) is 0 Å². The SMILES string of the molecule is CCC/C=C\CCCCCCCC(=O)OCC(COC(=O)CCCCCCCCCCCCCCCCCCCCCCCCCCCCC)OC(=O)CCCCCCCCCCCCCCCCCCCCCCCCC. The average molecular weight is 1100 g/mol. The Kier molecular flexibility index (Phi) is 66.0. The molecule has 78 heavy (non-hydrogen) atoms. The second-order valence-corrected chi connectivity index (χ2v) is 24.5. The summed E-state index contributed by atoms with van der Waals surface area (Å²) < 4.78 is 17.0. The molecule has 1 atom stereocenters. The van der Waals surface area contributed by atoms with Gasteiger partial charge in [0.05, 0.1) is 0 Å². The number of allylic oxidation sites excluding steroid dienone is 2. The van der Waals surface area contributed by atoms with Crippen molar-refractivity contribution in [3.63, 3.8) is 0 Å². The van der Waals surface area contributed by atoms with Crippen molar-refractivity contribution in [3.05, 3.63) is 12.2 Å². The van der Waals surface area contributed by atoms with Crippen LogP contribution < -0.4 is 0 Å². The van der Waals surface area contributed by atoms with Gasteiger partial charge < -0.3 is 14.2 Å². The Morgan fingerprint density at radius 3 is 0.692 bits per heavy atom. The van der Waals surface area contributed by atoms with Crippen molar-refractivity contribution in [2.24, 2.45) is 0 Å². The Morgan fingerprint density at radius 1 is 0.244 bits per heavy atom. The molecular formula is C72H138O6. The van der Waals surface area contributed by atoms with Gasteiger partial charge in [0.1, 0.15) is 13.2 Å². The maximum Gasteiger partial charge on any atom is 0.306 e. The molecule has 6 heteroatoms. The predicted octanol–water partition coefficient (Wildman–Crippen LogP) is 24.4. The molecule has 462 valence electrons. The average Bonchev–Trinajstić information content (AvgIpc) is 3.44. The number of hydrogen-bond donors (Lipinski definition) is 0. The molecule has 0 aliphatic carbocycles. The molecule has 0 aliphatic heterocycles. The van der Waals surface area contributed by atoms with Gasteiger partial charge in [-0.1, -0.05) is 367 Å². The van der Waals surface area contributed by atoms with Gasteiger partial charge in [0.15, 0.2) is 6.10 Å². The van der Waals surface area contributed by atoms with Crippen molar-refractivity contribution in [2.75, 3.05) is 13.2 Å². The van der Waals surface area contributed by atoms with Crippen molar-refractivity contribution in [2.45, 2.75) is 419 Å². The summed E-state index contributed by atoms with van der Waals surface area (Å²) in [4.78, 5) is 38.3. The molecule has 0 heterocycles. The maximum absolute atomic E-state index is 12.9. The van der Waals surface area contributed by atoms with E-state index in [1.165, 1.54) is 302 Å². The second kappa shape index (κ2) is 67.7. The maximum atomic E-state index is 12.9. The highest BCUT2D eigenvalue weighted by atomic mass is 16.6. The highest BCUT2D eigenvalue weighted by Crippen LogP contribution is 2.19. The van der Waals surface area contributed by atoms with Gasteiger partial charge in [0.25, 0.3) is 0 Å². The van der Waals surface area contributed by atoms with Crippen LogP contribution in [-0.4, -0.2) is 37.2 Å². The van der Waals surface area contributed by atoms with Crippen molar-refractivity contribution in [3.8, 4) is 0 Å². The van der Waals surface area contributed by atoms with Gasteiger partial charge in [0.2, 0.25) is 0 Å². The van der Waals surface area contributed by atoms with Gasteiger partial charge >= 0.3 is 17.9 Å². The third kappa shape index (κ3) is 65.0. The molecule has 0 fully saturated rings. The molecule has 0 aromatic heterocycles. The first-order valence-corrected chi connectivity index (χ1v) is 35.7. The van der Waals surface area contributed by atoms with E-state index in [-0.39, 0.29) is 31.1 Å². The van der Waals surface area contributed by atoms with Gasteiger partial charge in [-0.25, -0.2) is 0 Å². The van der Waals surface area contributed by atoms with E-state index in [0.717, 1.165) is 70.6 Å². The van der Waals surface area contributed by atoms with E-state index in [0.29, 0.717) is 19.3 Å². The van der Waals surface area contributed by atoms with Crippen molar-refractivity contribution < 1.29 is 28.6 Å². The number of hydrogen-bond acceptors (Lipinski definition) is 6. The molecule has 0 radical (unpaired) electrons. The first kappa shape index (κ1) is 76.1. The predicted molar refractivity (Wildman–Crippen MR) is 340 cm³/mol. The molecule has 0 bridgehead atoms. The number of ether oxygens (including phenoxy) is 3. The molecule has 0 rings (SSSR count). The lowest BCUT2D eigenvalue weighted by molar-refractivity contribution is -0.167. The Hall–Kier alpha value is -1.85. The number of unbranched alkanes of at least 4 members (excludes halogenated alkanes) is 54. The van der Waals surface area contributed by atoms with Crippen LogP contribution in [0.2, 0.25) is 0 Å². The molecule has 0 aromatic rings. The van der Waals surface area contributed by atoms with Crippen LogP contribution in [0.25, 0.3) is 0 Å². The summed E-state index contributed by atoms with van der Waals surface area (Å²) in [7, 11) is 0. The summed E-state index contributed by atoms with van der Waals surface area (Å²) in [5, 5.41) is 0. The van der Waals surface area contributed by atoms with Crippen LogP contribution in [0.1, 0.15) is 412 Å². The fourth-order valence-electron chi connectivity index (χ4n) is 11.2. The molecule has 0 aromatic carbocycles. The van der Waals surface area contributed by atoms with E-state index in [4.69, 9.17) is 14.2 Å². The Bertz CT molecular complexity index is 1210.